The zero-order valence-corrected chi connectivity index (χ0v) is 7.91. The van der Waals surface area contributed by atoms with E-state index in [9.17, 15) is 18.3 Å². The van der Waals surface area contributed by atoms with Gasteiger partial charge in [-0.25, -0.2) is 4.98 Å². The maximum atomic E-state index is 12.1. The fraction of sp³-hybridized carbons (Fsp3) is 0.375. The predicted octanol–water partition coefficient (Wildman–Crippen LogP) is 2.00. The van der Waals surface area contributed by atoms with E-state index in [1.165, 1.54) is 6.92 Å². The number of thiazole rings is 1. The number of rotatable bonds is 1. The molecule has 1 aromatic heterocycles. The summed E-state index contributed by atoms with van der Waals surface area (Å²) >= 11 is 0.684. The monoisotopic (exact) mass is 221 g/mol. The molecular weight excluding hydrogens is 215 g/mol. The van der Waals surface area contributed by atoms with E-state index in [2.05, 4.69) is 4.98 Å². The summed E-state index contributed by atoms with van der Waals surface area (Å²) in [6.07, 6.45) is 0.441. The highest BCUT2D eigenvalue weighted by atomic mass is 32.1. The molecule has 6 heteroatoms. The van der Waals surface area contributed by atoms with Gasteiger partial charge in [0.15, 0.2) is 11.3 Å². The number of hydrogen-bond acceptors (Lipinski definition) is 3. The molecule has 76 valence electrons. The molecule has 0 bridgehead atoms. The lowest BCUT2D eigenvalue weighted by atomic mass is 10.1. The standard InChI is InChI=1S/C8H6F3NOS/c1-3-7(2,13)6-12-5(4-14-6)8(9,10)11/h1,4,13H,2H3. The summed E-state index contributed by atoms with van der Waals surface area (Å²) in [5.74, 6) is 1.96. The van der Waals surface area contributed by atoms with E-state index in [4.69, 9.17) is 6.42 Å². The van der Waals surface area contributed by atoms with Crippen molar-refractivity contribution < 1.29 is 18.3 Å². The van der Waals surface area contributed by atoms with Crippen molar-refractivity contribution >= 4 is 11.3 Å². The zero-order chi connectivity index (χ0) is 11.0. The van der Waals surface area contributed by atoms with Crippen molar-refractivity contribution in [2.24, 2.45) is 0 Å². The number of hydrogen-bond donors (Lipinski definition) is 1. The third-order valence-corrected chi connectivity index (χ3v) is 2.55. The van der Waals surface area contributed by atoms with Crippen molar-refractivity contribution in [1.82, 2.24) is 4.98 Å². The van der Waals surface area contributed by atoms with Crippen molar-refractivity contribution in [3.63, 3.8) is 0 Å². The third-order valence-electron chi connectivity index (χ3n) is 1.49. The average Bonchev–Trinajstić information content (AvgIpc) is 2.51. The van der Waals surface area contributed by atoms with E-state index >= 15 is 0 Å². The van der Waals surface area contributed by atoms with Crippen LogP contribution in [-0.4, -0.2) is 10.1 Å². The summed E-state index contributed by atoms with van der Waals surface area (Å²) in [6.45, 7) is 1.21. The Morgan fingerprint density at radius 1 is 1.57 bits per heavy atom. The molecular formula is C8H6F3NOS. The van der Waals surface area contributed by atoms with Gasteiger partial charge in [-0.2, -0.15) is 13.2 Å². The van der Waals surface area contributed by atoms with Crippen LogP contribution in [0.2, 0.25) is 0 Å². The molecule has 0 saturated heterocycles. The smallest absolute Gasteiger partial charge is 0.371 e. The molecule has 1 unspecified atom stereocenters. The van der Waals surface area contributed by atoms with Crippen molar-refractivity contribution in [1.29, 1.82) is 0 Å². The first-order valence-electron chi connectivity index (χ1n) is 3.50. The molecule has 0 aliphatic carbocycles. The normalized spacial score (nSPS) is 16.0. The van der Waals surface area contributed by atoms with E-state index < -0.39 is 17.5 Å². The largest absolute Gasteiger partial charge is 0.434 e. The van der Waals surface area contributed by atoms with E-state index in [0.29, 0.717) is 11.3 Å². The Labute approximate surface area is 82.4 Å². The highest BCUT2D eigenvalue weighted by Crippen LogP contribution is 2.32. The Morgan fingerprint density at radius 2 is 2.14 bits per heavy atom. The van der Waals surface area contributed by atoms with Crippen molar-refractivity contribution in [2.75, 3.05) is 0 Å². The molecule has 1 rings (SSSR count). The molecule has 1 atom stereocenters. The number of terminal acetylenes is 1. The molecule has 0 amide bonds. The van der Waals surface area contributed by atoms with Crippen LogP contribution in [0.5, 0.6) is 0 Å². The quantitative estimate of drug-likeness (QED) is 0.736. The fourth-order valence-electron chi connectivity index (χ4n) is 0.689. The molecule has 1 heterocycles. The summed E-state index contributed by atoms with van der Waals surface area (Å²) in [7, 11) is 0. The Morgan fingerprint density at radius 3 is 2.50 bits per heavy atom. The number of nitrogens with zero attached hydrogens (tertiary/aromatic N) is 1. The van der Waals surface area contributed by atoms with Crippen LogP contribution in [-0.2, 0) is 11.8 Å². The van der Waals surface area contributed by atoms with Crippen LogP contribution < -0.4 is 0 Å². The van der Waals surface area contributed by atoms with Crippen LogP contribution >= 0.6 is 11.3 Å². The second kappa shape index (κ2) is 3.26. The summed E-state index contributed by atoms with van der Waals surface area (Å²) in [5.41, 5.74) is -2.78. The molecule has 1 aromatic rings. The van der Waals surface area contributed by atoms with Gasteiger partial charge in [-0.1, -0.05) is 5.92 Å². The first-order valence-corrected chi connectivity index (χ1v) is 4.38. The zero-order valence-electron chi connectivity index (χ0n) is 7.09. The number of aromatic nitrogens is 1. The van der Waals surface area contributed by atoms with Crippen LogP contribution in [0.1, 0.15) is 17.6 Å². The lowest BCUT2D eigenvalue weighted by molar-refractivity contribution is -0.140. The van der Waals surface area contributed by atoms with Crippen molar-refractivity contribution in [3.8, 4) is 12.3 Å². The second-order valence-electron chi connectivity index (χ2n) is 2.75. The van der Waals surface area contributed by atoms with Gasteiger partial charge in [0.1, 0.15) is 5.01 Å². The molecule has 0 spiro atoms. The summed E-state index contributed by atoms with van der Waals surface area (Å²) < 4.78 is 36.3. The number of halogens is 3. The molecule has 1 N–H and O–H groups in total. The van der Waals surface area contributed by atoms with Crippen LogP contribution in [0.15, 0.2) is 5.38 Å². The maximum absolute atomic E-state index is 12.1. The van der Waals surface area contributed by atoms with Gasteiger partial charge in [0.2, 0.25) is 0 Å². The molecule has 2 nitrogen and oxygen atoms in total. The highest BCUT2D eigenvalue weighted by molar-refractivity contribution is 7.09. The van der Waals surface area contributed by atoms with E-state index in [-0.39, 0.29) is 5.01 Å². The Hall–Kier alpha value is -1.06. The third kappa shape index (κ3) is 2.05. The molecule has 0 fully saturated rings. The van der Waals surface area contributed by atoms with Crippen LogP contribution in [0.25, 0.3) is 0 Å². The van der Waals surface area contributed by atoms with Gasteiger partial charge in [0.05, 0.1) is 0 Å². The second-order valence-corrected chi connectivity index (χ2v) is 3.61. The van der Waals surface area contributed by atoms with Crippen LogP contribution in [0.3, 0.4) is 0 Å². The fourth-order valence-corrected chi connectivity index (χ4v) is 1.54. The average molecular weight is 221 g/mol. The number of aliphatic hydroxyl groups is 1. The Bertz CT molecular complexity index is 375. The number of alkyl halides is 3. The van der Waals surface area contributed by atoms with Gasteiger partial charge in [-0.15, -0.1) is 17.8 Å². The maximum Gasteiger partial charge on any atom is 0.434 e. The summed E-state index contributed by atoms with van der Waals surface area (Å²) in [5, 5.41) is 10.1. The van der Waals surface area contributed by atoms with Crippen molar-refractivity contribution in [3.05, 3.63) is 16.1 Å². The van der Waals surface area contributed by atoms with Gasteiger partial charge in [0.25, 0.3) is 0 Å². The molecule has 0 aliphatic heterocycles. The molecule has 0 aromatic carbocycles. The molecule has 0 radical (unpaired) electrons. The minimum atomic E-state index is -4.50. The predicted molar refractivity (Wildman–Crippen MR) is 45.5 cm³/mol. The van der Waals surface area contributed by atoms with E-state index in [1.54, 1.807) is 0 Å². The van der Waals surface area contributed by atoms with Gasteiger partial charge < -0.3 is 5.11 Å². The molecule has 0 saturated carbocycles. The minimum Gasteiger partial charge on any atom is -0.371 e. The lowest BCUT2D eigenvalue weighted by Crippen LogP contribution is -2.18. The first-order chi connectivity index (χ1) is 6.27. The minimum absolute atomic E-state index is 0.132. The van der Waals surface area contributed by atoms with Gasteiger partial charge in [-0.3, -0.25) is 0 Å². The van der Waals surface area contributed by atoms with E-state index in [1.807, 2.05) is 5.92 Å². The van der Waals surface area contributed by atoms with Crippen LogP contribution in [0.4, 0.5) is 13.2 Å². The van der Waals surface area contributed by atoms with E-state index in [0.717, 1.165) is 5.38 Å². The topological polar surface area (TPSA) is 33.1 Å². The SMILES string of the molecule is C#CC(C)(O)c1nc(C(F)(F)F)cs1. The van der Waals surface area contributed by atoms with Gasteiger partial charge in [0, 0.05) is 5.38 Å². The van der Waals surface area contributed by atoms with Crippen molar-refractivity contribution in [2.45, 2.75) is 18.7 Å². The summed E-state index contributed by atoms with van der Waals surface area (Å²) in [4.78, 5) is 3.23. The van der Waals surface area contributed by atoms with Gasteiger partial charge >= 0.3 is 6.18 Å². The molecule has 14 heavy (non-hydrogen) atoms. The summed E-state index contributed by atoms with van der Waals surface area (Å²) in [6, 6.07) is 0. The lowest BCUT2D eigenvalue weighted by Gasteiger charge is -2.11. The Kier molecular flexibility index (Phi) is 2.56. The highest BCUT2D eigenvalue weighted by Gasteiger charge is 2.36. The molecule has 0 aliphatic rings. The Balaban J connectivity index is 3.08. The van der Waals surface area contributed by atoms with Crippen LogP contribution in [0, 0.1) is 12.3 Å². The first kappa shape index (κ1) is 11.0. The van der Waals surface area contributed by atoms with Gasteiger partial charge in [-0.05, 0) is 6.92 Å².